The lowest BCUT2D eigenvalue weighted by Gasteiger charge is -2.34. The number of likely N-dealkylation sites (tertiary alicyclic amines) is 1. The van der Waals surface area contributed by atoms with E-state index in [0.29, 0.717) is 0 Å². The Labute approximate surface area is 106 Å². The molecule has 0 aliphatic carbocycles. The van der Waals surface area contributed by atoms with Crippen LogP contribution in [0.5, 0.6) is 0 Å². The molecule has 0 aromatic rings. The summed E-state index contributed by atoms with van der Waals surface area (Å²) in [4.78, 5) is 36.0. The summed E-state index contributed by atoms with van der Waals surface area (Å²) in [6.07, 6.45) is -0.773. The van der Waals surface area contributed by atoms with Crippen molar-refractivity contribution in [3.63, 3.8) is 0 Å². The number of aliphatic carboxylic acids is 1. The average molecular weight is 257 g/mol. The van der Waals surface area contributed by atoms with Gasteiger partial charge < -0.3 is 9.84 Å². The van der Waals surface area contributed by atoms with Crippen molar-refractivity contribution in [2.75, 3.05) is 6.54 Å². The molecule has 6 nitrogen and oxygen atoms in total. The average Bonchev–Trinajstić information content (AvgIpc) is 2.41. The Morgan fingerprint density at radius 2 is 1.94 bits per heavy atom. The van der Waals surface area contributed by atoms with Gasteiger partial charge in [-0.05, 0) is 27.7 Å². The Morgan fingerprint density at radius 3 is 2.33 bits per heavy atom. The number of hydrogen-bond donors (Lipinski definition) is 1. The van der Waals surface area contributed by atoms with Gasteiger partial charge >= 0.3 is 12.1 Å². The van der Waals surface area contributed by atoms with Crippen LogP contribution in [0.25, 0.3) is 0 Å². The number of carbonyl (C=O) groups excluding carboxylic acids is 2. The molecule has 2 unspecified atom stereocenters. The minimum Gasteiger partial charge on any atom is -0.479 e. The Balaban J connectivity index is 3.04. The standard InChI is InChI=1S/C12H19NO5/c1-7-8(14)6-13(12(7,5)9(15)16)10(17)18-11(2,3)4/h7H,6H2,1-5H3,(H,15,16). The molecule has 1 fully saturated rings. The molecular weight excluding hydrogens is 238 g/mol. The van der Waals surface area contributed by atoms with E-state index in [1.165, 1.54) is 13.8 Å². The molecule has 1 heterocycles. The topological polar surface area (TPSA) is 83.9 Å². The van der Waals surface area contributed by atoms with Crippen LogP contribution in [-0.2, 0) is 14.3 Å². The summed E-state index contributed by atoms with van der Waals surface area (Å²) in [6.45, 7) is 7.72. The third kappa shape index (κ3) is 2.32. The molecule has 1 aliphatic rings. The summed E-state index contributed by atoms with van der Waals surface area (Å²) in [5, 5.41) is 9.28. The van der Waals surface area contributed by atoms with Gasteiger partial charge in [0.05, 0.1) is 12.5 Å². The molecule has 2 atom stereocenters. The van der Waals surface area contributed by atoms with E-state index >= 15 is 0 Å². The minimum absolute atomic E-state index is 0.223. The van der Waals surface area contributed by atoms with Gasteiger partial charge in [-0.3, -0.25) is 9.69 Å². The van der Waals surface area contributed by atoms with Crippen LogP contribution in [0.1, 0.15) is 34.6 Å². The molecule has 0 aromatic heterocycles. The lowest BCUT2D eigenvalue weighted by Crippen LogP contribution is -2.54. The van der Waals surface area contributed by atoms with Gasteiger partial charge in [-0.25, -0.2) is 9.59 Å². The summed E-state index contributed by atoms with van der Waals surface area (Å²) >= 11 is 0. The fourth-order valence-corrected chi connectivity index (χ4v) is 1.88. The summed E-state index contributed by atoms with van der Waals surface area (Å²) in [5.41, 5.74) is -2.27. The van der Waals surface area contributed by atoms with Crippen LogP contribution in [0.4, 0.5) is 4.79 Å². The van der Waals surface area contributed by atoms with Crippen molar-refractivity contribution in [1.29, 1.82) is 0 Å². The second-order valence-corrected chi connectivity index (χ2v) is 5.71. The summed E-state index contributed by atoms with van der Waals surface area (Å²) in [5.74, 6) is -2.22. The first-order chi connectivity index (χ1) is 8.00. The molecule has 1 rings (SSSR count). The predicted octanol–water partition coefficient (Wildman–Crippen LogP) is 1.29. The highest BCUT2D eigenvalue weighted by Gasteiger charge is 2.56. The molecule has 1 aliphatic heterocycles. The van der Waals surface area contributed by atoms with E-state index in [0.717, 1.165) is 4.90 Å². The molecule has 18 heavy (non-hydrogen) atoms. The van der Waals surface area contributed by atoms with E-state index in [4.69, 9.17) is 4.74 Å². The molecule has 0 spiro atoms. The minimum atomic E-state index is -1.54. The Kier molecular flexibility index (Phi) is 3.42. The first-order valence-electron chi connectivity index (χ1n) is 5.77. The first kappa shape index (κ1) is 14.5. The molecule has 1 saturated heterocycles. The normalized spacial score (nSPS) is 28.4. The van der Waals surface area contributed by atoms with Gasteiger partial charge in [-0.1, -0.05) is 6.92 Å². The van der Waals surface area contributed by atoms with E-state index in [1.54, 1.807) is 20.8 Å². The quantitative estimate of drug-likeness (QED) is 0.765. The van der Waals surface area contributed by atoms with Crippen molar-refractivity contribution in [2.45, 2.75) is 45.8 Å². The second-order valence-electron chi connectivity index (χ2n) is 5.71. The monoisotopic (exact) mass is 257 g/mol. The van der Waals surface area contributed by atoms with Crippen molar-refractivity contribution < 1.29 is 24.2 Å². The van der Waals surface area contributed by atoms with Crippen LogP contribution < -0.4 is 0 Å². The number of ether oxygens (including phenoxy) is 1. The van der Waals surface area contributed by atoms with Crippen LogP contribution in [0.2, 0.25) is 0 Å². The van der Waals surface area contributed by atoms with Crippen LogP contribution in [0, 0.1) is 5.92 Å². The number of nitrogens with zero attached hydrogens (tertiary/aromatic N) is 1. The number of amides is 1. The van der Waals surface area contributed by atoms with E-state index in [2.05, 4.69) is 0 Å². The number of carbonyl (C=O) groups is 3. The van der Waals surface area contributed by atoms with Crippen LogP contribution in [-0.4, -0.2) is 45.5 Å². The molecule has 102 valence electrons. The number of rotatable bonds is 1. The van der Waals surface area contributed by atoms with Crippen molar-refractivity contribution in [3.05, 3.63) is 0 Å². The van der Waals surface area contributed by atoms with E-state index in [9.17, 15) is 19.5 Å². The summed E-state index contributed by atoms with van der Waals surface area (Å²) in [7, 11) is 0. The fourth-order valence-electron chi connectivity index (χ4n) is 1.88. The third-order valence-electron chi connectivity index (χ3n) is 3.25. The van der Waals surface area contributed by atoms with Crippen LogP contribution in [0.15, 0.2) is 0 Å². The van der Waals surface area contributed by atoms with Gasteiger partial charge in [0.1, 0.15) is 5.60 Å². The van der Waals surface area contributed by atoms with Crippen LogP contribution >= 0.6 is 0 Å². The SMILES string of the molecule is CC1C(=O)CN(C(=O)OC(C)(C)C)C1(C)C(=O)O. The lowest BCUT2D eigenvalue weighted by molar-refractivity contribution is -0.150. The van der Waals surface area contributed by atoms with Crippen molar-refractivity contribution >= 4 is 17.8 Å². The zero-order chi connectivity index (χ0) is 14.3. The molecule has 0 saturated carbocycles. The van der Waals surface area contributed by atoms with Crippen molar-refractivity contribution in [1.82, 2.24) is 4.90 Å². The Bertz CT molecular complexity index is 398. The Morgan fingerprint density at radius 1 is 1.44 bits per heavy atom. The maximum Gasteiger partial charge on any atom is 0.411 e. The highest BCUT2D eigenvalue weighted by Crippen LogP contribution is 2.33. The first-order valence-corrected chi connectivity index (χ1v) is 5.77. The van der Waals surface area contributed by atoms with Crippen LogP contribution in [0.3, 0.4) is 0 Å². The van der Waals surface area contributed by atoms with Gasteiger partial charge in [-0.15, -0.1) is 0 Å². The molecule has 1 amide bonds. The largest absolute Gasteiger partial charge is 0.479 e. The number of Topliss-reactive ketones (excluding diaryl/α,β-unsaturated/α-hetero) is 1. The maximum absolute atomic E-state index is 12.0. The molecule has 0 bridgehead atoms. The van der Waals surface area contributed by atoms with Gasteiger partial charge in [0, 0.05) is 0 Å². The van der Waals surface area contributed by atoms with E-state index in [1.807, 2.05) is 0 Å². The zero-order valence-electron chi connectivity index (χ0n) is 11.3. The molecule has 1 N–H and O–H groups in total. The number of carboxylic acid groups (broad SMARTS) is 1. The summed E-state index contributed by atoms with van der Waals surface area (Å²) < 4.78 is 5.14. The fraction of sp³-hybridized carbons (Fsp3) is 0.750. The van der Waals surface area contributed by atoms with Crippen molar-refractivity contribution in [2.24, 2.45) is 5.92 Å². The number of hydrogen-bond acceptors (Lipinski definition) is 4. The Hall–Kier alpha value is -1.59. The molecule has 0 aromatic carbocycles. The molecule has 0 radical (unpaired) electrons. The van der Waals surface area contributed by atoms with Crippen molar-refractivity contribution in [3.8, 4) is 0 Å². The highest BCUT2D eigenvalue weighted by atomic mass is 16.6. The van der Waals surface area contributed by atoms with E-state index in [-0.39, 0.29) is 12.3 Å². The highest BCUT2D eigenvalue weighted by molar-refractivity contribution is 5.99. The third-order valence-corrected chi connectivity index (χ3v) is 3.25. The molecule has 6 heteroatoms. The maximum atomic E-state index is 12.0. The lowest BCUT2D eigenvalue weighted by atomic mass is 9.88. The van der Waals surface area contributed by atoms with Gasteiger partial charge in [0.25, 0.3) is 0 Å². The summed E-state index contributed by atoms with van der Waals surface area (Å²) in [6, 6.07) is 0. The van der Waals surface area contributed by atoms with E-state index < -0.39 is 29.1 Å². The zero-order valence-corrected chi connectivity index (χ0v) is 11.3. The number of carboxylic acids is 1. The smallest absolute Gasteiger partial charge is 0.411 e. The number of ketones is 1. The predicted molar refractivity (Wildman–Crippen MR) is 63.2 cm³/mol. The molecular formula is C12H19NO5. The van der Waals surface area contributed by atoms with Gasteiger partial charge in [0.2, 0.25) is 0 Å². The second kappa shape index (κ2) is 4.26. The van der Waals surface area contributed by atoms with Gasteiger partial charge in [-0.2, -0.15) is 0 Å². The van der Waals surface area contributed by atoms with Gasteiger partial charge in [0.15, 0.2) is 11.3 Å².